The number of para-hydroxylation sites is 1. The largest absolute Gasteiger partial charge is 0.226 e. The van der Waals surface area contributed by atoms with Crippen LogP contribution in [-0.4, -0.2) is 0 Å². The molecular weight excluding hydrogens is 330 g/mol. The number of rotatable bonds is 2. The van der Waals surface area contributed by atoms with E-state index in [2.05, 4.69) is 46.5 Å². The van der Waals surface area contributed by atoms with E-state index in [9.17, 15) is 0 Å². The predicted molar refractivity (Wildman–Crippen MR) is 82.9 cm³/mol. The van der Waals surface area contributed by atoms with E-state index in [1.54, 1.807) is 11.3 Å². The summed E-state index contributed by atoms with van der Waals surface area (Å²) >= 11 is 7.66. The van der Waals surface area contributed by atoms with Crippen LogP contribution in [0.5, 0.6) is 0 Å². The normalized spacial score (nSPS) is 10.3. The minimum absolute atomic E-state index is 0. The molecule has 0 bridgehead atoms. The Kier molecular flexibility index (Phi) is 4.38. The molecule has 92 valence electrons. The summed E-state index contributed by atoms with van der Waals surface area (Å²) in [5, 5.41) is 0.786. The smallest absolute Gasteiger partial charge is 0.184 e. The number of nitrogens with zero attached hydrogens (tertiary/aromatic N) is 1. The van der Waals surface area contributed by atoms with Gasteiger partial charge in [-0.05, 0) is 18.2 Å². The van der Waals surface area contributed by atoms with Gasteiger partial charge in [0.05, 0.1) is 0 Å². The Labute approximate surface area is 125 Å². The van der Waals surface area contributed by atoms with Gasteiger partial charge in [-0.15, -0.1) is 17.0 Å². The van der Waals surface area contributed by atoms with Crippen LogP contribution in [0.15, 0.2) is 54.0 Å². The van der Waals surface area contributed by atoms with Crippen molar-refractivity contribution in [2.45, 2.75) is 6.54 Å². The molecular formula is C14H12BrClNS+. The zero-order valence-electron chi connectivity index (χ0n) is 9.54. The van der Waals surface area contributed by atoms with Crippen molar-refractivity contribution >= 4 is 50.1 Å². The molecule has 0 aliphatic carbocycles. The third-order valence-electron chi connectivity index (χ3n) is 2.75. The lowest BCUT2D eigenvalue weighted by Gasteiger charge is -1.96. The molecule has 0 unspecified atom stereocenters. The third-order valence-corrected chi connectivity index (χ3v) is 3.96. The molecule has 1 heterocycles. The molecule has 0 N–H and O–H groups in total. The fraction of sp³-hybridized carbons (Fsp3) is 0.0714. The lowest BCUT2D eigenvalue weighted by Crippen LogP contribution is -2.31. The molecule has 0 atom stereocenters. The van der Waals surface area contributed by atoms with Crippen LogP contribution in [0.4, 0.5) is 0 Å². The first kappa shape index (κ1) is 13.5. The summed E-state index contributed by atoms with van der Waals surface area (Å²) in [6, 6.07) is 16.5. The van der Waals surface area contributed by atoms with Crippen molar-refractivity contribution in [2.75, 3.05) is 0 Å². The van der Waals surface area contributed by atoms with Crippen molar-refractivity contribution in [3.8, 4) is 0 Å². The highest BCUT2D eigenvalue weighted by atomic mass is 79.9. The van der Waals surface area contributed by atoms with Crippen LogP contribution in [0.25, 0.3) is 10.2 Å². The van der Waals surface area contributed by atoms with Gasteiger partial charge in [-0.3, -0.25) is 0 Å². The molecule has 0 fully saturated rings. The Bertz CT molecular complexity index is 648. The monoisotopic (exact) mass is 340 g/mol. The molecule has 18 heavy (non-hydrogen) atoms. The van der Waals surface area contributed by atoms with E-state index in [0.717, 1.165) is 11.6 Å². The fourth-order valence-corrected chi connectivity index (χ4v) is 2.90. The molecule has 2 aromatic carbocycles. The Balaban J connectivity index is 0.00000120. The zero-order chi connectivity index (χ0) is 11.7. The van der Waals surface area contributed by atoms with Gasteiger partial charge in [0.15, 0.2) is 6.54 Å². The predicted octanol–water partition coefficient (Wildman–Crippen LogP) is 4.47. The van der Waals surface area contributed by atoms with Crippen LogP contribution < -0.4 is 4.57 Å². The first-order valence-electron chi connectivity index (χ1n) is 5.43. The molecule has 0 spiro atoms. The van der Waals surface area contributed by atoms with Gasteiger partial charge in [0.2, 0.25) is 11.0 Å². The highest BCUT2D eigenvalue weighted by Crippen LogP contribution is 2.16. The van der Waals surface area contributed by atoms with Crippen molar-refractivity contribution in [1.82, 2.24) is 0 Å². The molecule has 0 aliphatic heterocycles. The van der Waals surface area contributed by atoms with Crippen LogP contribution in [-0.2, 0) is 6.54 Å². The standard InChI is InChI=1S/C14H11ClNS.BrH/c15-12-7-5-11(6-8-12)9-16-10-17-14-4-2-1-3-13(14)16;/h1-8,10H,9H2;1H/q+1;. The Hall–Kier alpha value is -0.900. The first-order chi connectivity index (χ1) is 8.33. The molecule has 0 saturated heterocycles. The van der Waals surface area contributed by atoms with Gasteiger partial charge in [0, 0.05) is 16.7 Å². The van der Waals surface area contributed by atoms with E-state index in [1.165, 1.54) is 15.8 Å². The van der Waals surface area contributed by atoms with E-state index < -0.39 is 0 Å². The topological polar surface area (TPSA) is 3.88 Å². The SMILES string of the molecule is Br.Clc1ccc(C[n+]2csc3ccccc32)cc1. The third kappa shape index (κ3) is 2.74. The van der Waals surface area contributed by atoms with Crippen molar-refractivity contribution in [3.63, 3.8) is 0 Å². The molecule has 0 amide bonds. The molecule has 3 rings (SSSR count). The molecule has 0 aliphatic rings. The summed E-state index contributed by atoms with van der Waals surface area (Å²) < 4.78 is 3.59. The summed E-state index contributed by atoms with van der Waals surface area (Å²) in [7, 11) is 0. The number of aromatic nitrogens is 1. The molecule has 1 aromatic heterocycles. The molecule has 0 radical (unpaired) electrons. The van der Waals surface area contributed by atoms with Crippen LogP contribution in [0, 0.1) is 0 Å². The minimum atomic E-state index is 0. The number of hydrogen-bond acceptors (Lipinski definition) is 1. The quantitative estimate of drug-likeness (QED) is 0.606. The summed E-state index contributed by atoms with van der Waals surface area (Å²) in [4.78, 5) is 0. The van der Waals surface area contributed by atoms with Gasteiger partial charge >= 0.3 is 0 Å². The van der Waals surface area contributed by atoms with Crippen LogP contribution in [0.1, 0.15) is 5.56 Å². The molecule has 1 nitrogen and oxygen atoms in total. The number of hydrogen-bond donors (Lipinski definition) is 0. The maximum absolute atomic E-state index is 5.88. The maximum atomic E-state index is 5.88. The summed E-state index contributed by atoms with van der Waals surface area (Å²) in [6.07, 6.45) is 0. The summed E-state index contributed by atoms with van der Waals surface area (Å²) in [5.74, 6) is 0. The van der Waals surface area contributed by atoms with Crippen molar-refractivity contribution in [2.24, 2.45) is 0 Å². The second-order valence-corrected chi connectivity index (χ2v) is 5.27. The second kappa shape index (κ2) is 5.83. The van der Waals surface area contributed by atoms with Crippen LogP contribution in [0.2, 0.25) is 5.02 Å². The molecule has 4 heteroatoms. The zero-order valence-corrected chi connectivity index (χ0v) is 12.8. The van der Waals surface area contributed by atoms with Crippen molar-refractivity contribution in [3.05, 3.63) is 64.6 Å². The van der Waals surface area contributed by atoms with E-state index in [0.29, 0.717) is 0 Å². The van der Waals surface area contributed by atoms with Crippen LogP contribution in [0.3, 0.4) is 0 Å². The molecule has 3 aromatic rings. The van der Waals surface area contributed by atoms with Gasteiger partial charge in [0.1, 0.15) is 4.70 Å². The lowest BCUT2D eigenvalue weighted by molar-refractivity contribution is -0.658. The van der Waals surface area contributed by atoms with E-state index in [-0.39, 0.29) is 17.0 Å². The highest BCUT2D eigenvalue weighted by molar-refractivity contribution is 8.93. The first-order valence-corrected chi connectivity index (χ1v) is 6.69. The van der Waals surface area contributed by atoms with Crippen LogP contribution >= 0.6 is 39.9 Å². The second-order valence-electron chi connectivity index (χ2n) is 3.95. The Morgan fingerprint density at radius 3 is 2.50 bits per heavy atom. The van der Waals surface area contributed by atoms with E-state index in [1.807, 2.05) is 12.1 Å². The highest BCUT2D eigenvalue weighted by Gasteiger charge is 2.11. The van der Waals surface area contributed by atoms with Gasteiger partial charge in [-0.1, -0.05) is 47.2 Å². The average molecular weight is 342 g/mol. The summed E-state index contributed by atoms with van der Waals surface area (Å²) in [6.45, 7) is 0.890. The van der Waals surface area contributed by atoms with E-state index in [4.69, 9.17) is 11.6 Å². The molecule has 0 saturated carbocycles. The summed E-state index contributed by atoms with van der Waals surface area (Å²) in [5.41, 5.74) is 4.72. The van der Waals surface area contributed by atoms with Crippen molar-refractivity contribution in [1.29, 1.82) is 0 Å². The minimum Gasteiger partial charge on any atom is -0.184 e. The number of halogens is 2. The van der Waals surface area contributed by atoms with Crippen molar-refractivity contribution < 1.29 is 4.57 Å². The average Bonchev–Trinajstić information content (AvgIpc) is 2.76. The number of fused-ring (bicyclic) bond motifs is 1. The Morgan fingerprint density at radius 2 is 1.72 bits per heavy atom. The van der Waals surface area contributed by atoms with Gasteiger partial charge in [-0.2, -0.15) is 4.57 Å². The number of benzene rings is 2. The Morgan fingerprint density at radius 1 is 1.00 bits per heavy atom. The van der Waals surface area contributed by atoms with Gasteiger partial charge in [0.25, 0.3) is 0 Å². The van der Waals surface area contributed by atoms with Gasteiger partial charge < -0.3 is 0 Å². The fourth-order valence-electron chi connectivity index (χ4n) is 1.88. The lowest BCUT2D eigenvalue weighted by atomic mass is 10.2. The number of thiazole rings is 1. The maximum Gasteiger partial charge on any atom is 0.226 e. The van der Waals surface area contributed by atoms with E-state index >= 15 is 0 Å². The van der Waals surface area contributed by atoms with Gasteiger partial charge in [-0.25, -0.2) is 0 Å².